The lowest BCUT2D eigenvalue weighted by Crippen LogP contribution is -2.53. The van der Waals surface area contributed by atoms with E-state index in [1.807, 2.05) is 47.1 Å². The molecular weight excluding hydrogens is 252 g/mol. The minimum Gasteiger partial charge on any atom is -0.338 e. The Morgan fingerprint density at radius 1 is 1.20 bits per heavy atom. The molecule has 1 aromatic carbocycles. The number of rotatable bonds is 2. The Hall–Kier alpha value is -1.84. The highest BCUT2D eigenvalue weighted by atomic mass is 16.2. The zero-order valence-corrected chi connectivity index (χ0v) is 11.8. The first kappa shape index (κ1) is 13.2. The van der Waals surface area contributed by atoms with Crippen molar-refractivity contribution in [2.24, 2.45) is 0 Å². The summed E-state index contributed by atoms with van der Waals surface area (Å²) in [7, 11) is 0. The fourth-order valence-corrected chi connectivity index (χ4v) is 3.50. The van der Waals surface area contributed by atoms with E-state index in [1.54, 1.807) is 0 Å². The molecule has 1 aromatic rings. The zero-order chi connectivity index (χ0) is 14.1. The largest absolute Gasteiger partial charge is 0.338 e. The first-order chi connectivity index (χ1) is 9.72. The molecule has 2 aliphatic heterocycles. The van der Waals surface area contributed by atoms with Gasteiger partial charge in [-0.15, -0.1) is 0 Å². The summed E-state index contributed by atoms with van der Waals surface area (Å²) < 4.78 is 0. The zero-order valence-electron chi connectivity index (χ0n) is 11.8. The Bertz CT molecular complexity index is 514. The van der Waals surface area contributed by atoms with Gasteiger partial charge in [0.25, 0.3) is 0 Å². The van der Waals surface area contributed by atoms with E-state index in [4.69, 9.17) is 0 Å². The minimum atomic E-state index is 0.147. The van der Waals surface area contributed by atoms with Gasteiger partial charge in [0.05, 0.1) is 12.1 Å². The van der Waals surface area contributed by atoms with Gasteiger partial charge >= 0.3 is 0 Å². The fourth-order valence-electron chi connectivity index (χ4n) is 3.50. The van der Waals surface area contributed by atoms with Gasteiger partial charge in [-0.05, 0) is 25.0 Å². The van der Waals surface area contributed by atoms with Crippen molar-refractivity contribution in [3.8, 4) is 0 Å². The fraction of sp³-hybridized carbons (Fsp3) is 0.500. The Kier molecular flexibility index (Phi) is 3.47. The van der Waals surface area contributed by atoms with Gasteiger partial charge < -0.3 is 9.80 Å². The number of para-hydroxylation sites is 1. The second-order valence-corrected chi connectivity index (χ2v) is 5.50. The van der Waals surface area contributed by atoms with Crippen molar-refractivity contribution in [1.82, 2.24) is 4.90 Å². The van der Waals surface area contributed by atoms with Crippen molar-refractivity contribution in [2.75, 3.05) is 11.4 Å². The molecule has 3 rings (SSSR count). The first-order valence-corrected chi connectivity index (χ1v) is 7.39. The van der Waals surface area contributed by atoms with Gasteiger partial charge in [0.2, 0.25) is 11.8 Å². The molecule has 0 aliphatic carbocycles. The predicted octanol–water partition coefficient (Wildman–Crippen LogP) is 2.19. The predicted molar refractivity (Wildman–Crippen MR) is 77.4 cm³/mol. The Balaban J connectivity index is 1.88. The summed E-state index contributed by atoms with van der Waals surface area (Å²) in [6, 6.07) is 10.2. The van der Waals surface area contributed by atoms with Crippen molar-refractivity contribution >= 4 is 17.5 Å². The van der Waals surface area contributed by atoms with Crippen LogP contribution in [0.1, 0.15) is 32.6 Å². The molecule has 2 amide bonds. The van der Waals surface area contributed by atoms with Crippen LogP contribution in [-0.2, 0) is 9.59 Å². The third-order valence-corrected chi connectivity index (χ3v) is 4.42. The molecule has 0 spiro atoms. The van der Waals surface area contributed by atoms with Crippen LogP contribution in [0.5, 0.6) is 0 Å². The van der Waals surface area contributed by atoms with E-state index in [9.17, 15) is 9.59 Å². The van der Waals surface area contributed by atoms with E-state index in [2.05, 4.69) is 0 Å². The van der Waals surface area contributed by atoms with Crippen LogP contribution in [0, 0.1) is 0 Å². The molecule has 2 atom stereocenters. The second-order valence-electron chi connectivity index (χ2n) is 5.50. The van der Waals surface area contributed by atoms with Gasteiger partial charge in [0.15, 0.2) is 0 Å². The van der Waals surface area contributed by atoms with Crippen LogP contribution in [-0.4, -0.2) is 35.3 Å². The molecule has 0 aromatic heterocycles. The quantitative estimate of drug-likeness (QED) is 0.828. The maximum Gasteiger partial charge on any atom is 0.227 e. The molecular formula is C16H20N2O2. The average Bonchev–Trinajstić information content (AvgIpc) is 2.91. The van der Waals surface area contributed by atoms with Gasteiger partial charge in [-0.25, -0.2) is 0 Å². The van der Waals surface area contributed by atoms with Crippen molar-refractivity contribution in [3.63, 3.8) is 0 Å². The number of fused-ring (bicyclic) bond motifs is 1. The van der Waals surface area contributed by atoms with Crippen LogP contribution in [0.4, 0.5) is 5.69 Å². The minimum absolute atomic E-state index is 0.147. The number of piperidine rings is 1. The lowest BCUT2D eigenvalue weighted by atomic mass is 9.95. The molecule has 20 heavy (non-hydrogen) atoms. The molecule has 4 nitrogen and oxygen atoms in total. The summed E-state index contributed by atoms with van der Waals surface area (Å²) in [5.41, 5.74) is 0.956. The third kappa shape index (κ3) is 2.09. The van der Waals surface area contributed by atoms with Gasteiger partial charge in [-0.2, -0.15) is 0 Å². The van der Waals surface area contributed by atoms with Gasteiger partial charge in [0.1, 0.15) is 0 Å². The third-order valence-electron chi connectivity index (χ3n) is 4.42. The number of likely N-dealkylation sites (tertiary alicyclic amines) is 1. The van der Waals surface area contributed by atoms with Crippen molar-refractivity contribution < 1.29 is 9.59 Å². The summed E-state index contributed by atoms with van der Waals surface area (Å²) in [6.45, 7) is 2.68. The first-order valence-electron chi connectivity index (χ1n) is 7.39. The van der Waals surface area contributed by atoms with Crippen LogP contribution in [0.15, 0.2) is 30.3 Å². The molecule has 2 saturated heterocycles. The Morgan fingerprint density at radius 3 is 2.65 bits per heavy atom. The molecule has 2 aliphatic rings. The van der Waals surface area contributed by atoms with Crippen molar-refractivity contribution in [2.45, 2.75) is 44.7 Å². The highest BCUT2D eigenvalue weighted by molar-refractivity contribution is 5.95. The van der Waals surface area contributed by atoms with E-state index < -0.39 is 0 Å². The molecule has 2 fully saturated rings. The van der Waals surface area contributed by atoms with E-state index >= 15 is 0 Å². The second kappa shape index (κ2) is 5.27. The standard InChI is InChI=1S/C16H20N2O2/c1-2-15(19)17-11-10-14-13(17)8-9-16(20)18(14)12-6-4-3-5-7-12/h3-7,13-14H,2,8-11H2,1H3/t13-,14-/m0/s1. The SMILES string of the molecule is CCC(=O)N1CC[C@H]2[C@@H]1CCC(=O)N2c1ccccc1. The molecule has 0 bridgehead atoms. The van der Waals surface area contributed by atoms with E-state index in [1.165, 1.54) is 0 Å². The highest BCUT2D eigenvalue weighted by Gasteiger charge is 2.44. The monoisotopic (exact) mass is 272 g/mol. The number of carbonyl (C=O) groups is 2. The van der Waals surface area contributed by atoms with Crippen molar-refractivity contribution in [1.29, 1.82) is 0 Å². The number of benzene rings is 1. The van der Waals surface area contributed by atoms with E-state index in [0.29, 0.717) is 12.8 Å². The van der Waals surface area contributed by atoms with Crippen LogP contribution in [0.3, 0.4) is 0 Å². The maximum absolute atomic E-state index is 12.3. The lowest BCUT2D eigenvalue weighted by Gasteiger charge is -2.39. The number of anilines is 1. The van der Waals surface area contributed by atoms with Crippen LogP contribution in [0.25, 0.3) is 0 Å². The summed E-state index contributed by atoms with van der Waals surface area (Å²) in [4.78, 5) is 28.2. The molecule has 0 unspecified atom stereocenters. The van der Waals surface area contributed by atoms with Crippen molar-refractivity contribution in [3.05, 3.63) is 30.3 Å². The normalized spacial score (nSPS) is 25.8. The molecule has 0 saturated carbocycles. The lowest BCUT2D eigenvalue weighted by molar-refractivity contribution is -0.133. The molecule has 0 radical (unpaired) electrons. The summed E-state index contributed by atoms with van der Waals surface area (Å²) >= 11 is 0. The molecule has 0 N–H and O–H groups in total. The Morgan fingerprint density at radius 2 is 1.95 bits per heavy atom. The molecule has 106 valence electrons. The summed E-state index contributed by atoms with van der Waals surface area (Å²) in [5, 5.41) is 0. The highest BCUT2D eigenvalue weighted by Crippen LogP contribution is 2.34. The number of amides is 2. The van der Waals surface area contributed by atoms with E-state index in [-0.39, 0.29) is 23.9 Å². The van der Waals surface area contributed by atoms with Crippen LogP contribution in [0.2, 0.25) is 0 Å². The van der Waals surface area contributed by atoms with Gasteiger partial charge in [-0.1, -0.05) is 25.1 Å². The summed E-state index contributed by atoms with van der Waals surface area (Å²) in [6.07, 6.45) is 2.77. The van der Waals surface area contributed by atoms with Crippen LogP contribution < -0.4 is 4.90 Å². The number of hydrogen-bond acceptors (Lipinski definition) is 2. The maximum atomic E-state index is 12.3. The van der Waals surface area contributed by atoms with Gasteiger partial charge in [0, 0.05) is 25.1 Å². The number of nitrogens with zero attached hydrogens (tertiary/aromatic N) is 2. The number of carbonyl (C=O) groups excluding carboxylic acids is 2. The topological polar surface area (TPSA) is 40.6 Å². The average molecular weight is 272 g/mol. The Labute approximate surface area is 119 Å². The number of hydrogen-bond donors (Lipinski definition) is 0. The van der Waals surface area contributed by atoms with Crippen LogP contribution >= 0.6 is 0 Å². The van der Waals surface area contributed by atoms with E-state index in [0.717, 1.165) is 25.1 Å². The molecule has 2 heterocycles. The van der Waals surface area contributed by atoms with Gasteiger partial charge in [-0.3, -0.25) is 9.59 Å². The smallest absolute Gasteiger partial charge is 0.227 e. The molecule has 4 heteroatoms. The summed E-state index contributed by atoms with van der Waals surface area (Å²) in [5.74, 6) is 0.392.